The van der Waals surface area contributed by atoms with Crippen LogP contribution in [0.25, 0.3) is 5.69 Å². The summed E-state index contributed by atoms with van der Waals surface area (Å²) in [5, 5.41) is 14.6. The fourth-order valence-electron chi connectivity index (χ4n) is 6.54. The topological polar surface area (TPSA) is 73.6 Å². The van der Waals surface area contributed by atoms with Crippen molar-refractivity contribution >= 4 is 46.3 Å². The van der Waals surface area contributed by atoms with Crippen molar-refractivity contribution in [1.29, 1.82) is 0 Å². The monoisotopic (exact) mass is 613 g/mol. The number of hydrogen-bond donors (Lipinski definition) is 2. The van der Waals surface area contributed by atoms with Crippen molar-refractivity contribution in [3.8, 4) is 5.69 Å². The lowest BCUT2D eigenvalue weighted by Gasteiger charge is -2.33. The Balaban J connectivity index is 1.46. The minimum Gasteiger partial charge on any atom is -0.478 e. The molecule has 0 spiro atoms. The van der Waals surface area contributed by atoms with Gasteiger partial charge in [-0.25, -0.2) is 4.79 Å². The molecule has 2 saturated heterocycles. The second kappa shape index (κ2) is 11.7. The van der Waals surface area contributed by atoms with E-state index >= 15 is 0 Å². The van der Waals surface area contributed by atoms with Crippen molar-refractivity contribution < 1.29 is 9.90 Å². The zero-order chi connectivity index (χ0) is 30.4. The molecule has 2 N–H and O–H groups in total. The molecule has 0 aliphatic carbocycles. The van der Waals surface area contributed by atoms with E-state index in [4.69, 9.17) is 28.8 Å². The van der Waals surface area contributed by atoms with Gasteiger partial charge in [0.2, 0.25) is 0 Å². The number of carboxylic acid groups (broad SMARTS) is 1. The van der Waals surface area contributed by atoms with Crippen molar-refractivity contribution in [2.45, 2.75) is 52.6 Å². The summed E-state index contributed by atoms with van der Waals surface area (Å²) >= 11 is 13.0. The molecule has 9 heteroatoms. The third-order valence-electron chi connectivity index (χ3n) is 8.92. The minimum atomic E-state index is -0.949. The van der Waals surface area contributed by atoms with Crippen LogP contribution < -0.4 is 15.1 Å². The number of thiocarbonyl (C=S) groups is 1. The van der Waals surface area contributed by atoms with Crippen LogP contribution in [0.2, 0.25) is 5.02 Å². The Morgan fingerprint density at radius 2 is 1.79 bits per heavy atom. The quantitative estimate of drug-likeness (QED) is 0.217. The first-order valence-electron chi connectivity index (χ1n) is 14.7. The van der Waals surface area contributed by atoms with Crippen LogP contribution in [-0.2, 0) is 0 Å². The van der Waals surface area contributed by atoms with E-state index in [9.17, 15) is 9.90 Å². The summed E-state index contributed by atoms with van der Waals surface area (Å²) in [5.41, 5.74) is 8.03. The number of hydrogen-bond acceptors (Lipinski definition) is 4. The summed E-state index contributed by atoms with van der Waals surface area (Å²) < 4.78 is 2.14. The molecule has 0 unspecified atom stereocenters. The molecule has 2 aromatic heterocycles. The van der Waals surface area contributed by atoms with E-state index in [1.54, 1.807) is 18.3 Å². The largest absolute Gasteiger partial charge is 0.478 e. The van der Waals surface area contributed by atoms with Crippen molar-refractivity contribution in [2.75, 3.05) is 22.9 Å². The summed E-state index contributed by atoms with van der Waals surface area (Å²) in [5.74, 6) is -0.212. The summed E-state index contributed by atoms with van der Waals surface area (Å²) in [6, 6.07) is 19.2. The molecule has 2 aromatic carbocycles. The van der Waals surface area contributed by atoms with E-state index < -0.39 is 5.97 Å². The number of aryl methyl sites for hydroxylation is 2. The smallest absolute Gasteiger partial charge is 0.335 e. The van der Waals surface area contributed by atoms with E-state index in [-0.39, 0.29) is 17.6 Å². The van der Waals surface area contributed by atoms with Crippen molar-refractivity contribution in [3.63, 3.8) is 0 Å². The van der Waals surface area contributed by atoms with Crippen LogP contribution >= 0.6 is 23.8 Å². The molecule has 2 aliphatic heterocycles. The van der Waals surface area contributed by atoms with Gasteiger partial charge in [0.05, 0.1) is 34.1 Å². The molecule has 43 heavy (non-hydrogen) atoms. The molecule has 0 radical (unpaired) electrons. The molecule has 0 saturated carbocycles. The molecular formula is C34H36ClN5O2S. The van der Waals surface area contributed by atoms with Crippen molar-refractivity contribution in [3.05, 3.63) is 106 Å². The van der Waals surface area contributed by atoms with Gasteiger partial charge in [-0.3, -0.25) is 4.98 Å². The predicted molar refractivity (Wildman–Crippen MR) is 177 cm³/mol. The maximum atomic E-state index is 11.8. The Kier molecular flexibility index (Phi) is 7.92. The maximum absolute atomic E-state index is 11.8. The number of carboxylic acids is 1. The van der Waals surface area contributed by atoms with Crippen molar-refractivity contribution in [2.24, 2.45) is 5.92 Å². The molecule has 4 heterocycles. The number of pyridine rings is 1. The summed E-state index contributed by atoms with van der Waals surface area (Å²) in [7, 11) is 0. The van der Waals surface area contributed by atoms with Gasteiger partial charge in [0.25, 0.3) is 0 Å². The zero-order valence-corrected chi connectivity index (χ0v) is 26.4. The highest BCUT2D eigenvalue weighted by Crippen LogP contribution is 2.45. The van der Waals surface area contributed by atoms with Gasteiger partial charge in [-0.15, -0.1) is 0 Å². The summed E-state index contributed by atoms with van der Waals surface area (Å²) in [6.45, 7) is 10.4. The predicted octanol–water partition coefficient (Wildman–Crippen LogP) is 7.56. The molecule has 4 aromatic rings. The van der Waals surface area contributed by atoms with Crippen LogP contribution in [0.3, 0.4) is 0 Å². The SMILES string of the molecule is Cc1ccc(C(=O)O)cc1-n1c(C)cc([C@H]2[C@@H](c3ccccn3)NC(=S)N2c2ccc(N3CCC(C)CC3)c(Cl)c2)c1C. The van der Waals surface area contributed by atoms with Gasteiger partial charge in [-0.05, 0) is 111 Å². The van der Waals surface area contributed by atoms with Gasteiger partial charge in [0, 0.05) is 42.0 Å². The van der Waals surface area contributed by atoms with Gasteiger partial charge in [-0.1, -0.05) is 30.7 Å². The Morgan fingerprint density at radius 1 is 1.02 bits per heavy atom. The van der Waals surface area contributed by atoms with Crippen molar-refractivity contribution in [1.82, 2.24) is 14.9 Å². The number of piperidine rings is 1. The number of nitrogens with zero attached hydrogens (tertiary/aromatic N) is 4. The Hall–Kier alpha value is -3.88. The first kappa shape index (κ1) is 29.2. The molecule has 2 atom stereocenters. The van der Waals surface area contributed by atoms with E-state index in [1.165, 1.54) is 0 Å². The average molecular weight is 614 g/mol. The first-order valence-corrected chi connectivity index (χ1v) is 15.5. The highest BCUT2D eigenvalue weighted by atomic mass is 35.5. The molecular weight excluding hydrogens is 578 g/mol. The maximum Gasteiger partial charge on any atom is 0.335 e. The lowest BCUT2D eigenvalue weighted by molar-refractivity contribution is 0.0697. The fraction of sp³-hybridized carbons (Fsp3) is 0.324. The Labute approximate surface area is 263 Å². The second-order valence-electron chi connectivity index (χ2n) is 11.8. The normalized spacial score (nSPS) is 19.1. The fourth-order valence-corrected chi connectivity index (χ4v) is 7.18. The number of benzene rings is 2. The zero-order valence-electron chi connectivity index (χ0n) is 24.8. The van der Waals surface area contributed by atoms with Gasteiger partial charge >= 0.3 is 5.97 Å². The Morgan fingerprint density at radius 3 is 2.47 bits per heavy atom. The number of carbonyl (C=O) groups is 1. The van der Waals surface area contributed by atoms with Crippen LogP contribution in [0.4, 0.5) is 11.4 Å². The number of nitrogens with one attached hydrogen (secondary N) is 1. The summed E-state index contributed by atoms with van der Waals surface area (Å²) in [4.78, 5) is 21.1. The van der Waals surface area contributed by atoms with Crippen LogP contribution in [0, 0.1) is 26.7 Å². The van der Waals surface area contributed by atoms with E-state index in [0.717, 1.165) is 77.1 Å². The van der Waals surface area contributed by atoms with E-state index in [2.05, 4.69) is 58.7 Å². The molecule has 0 amide bonds. The molecule has 7 nitrogen and oxygen atoms in total. The number of aromatic carboxylic acids is 1. The average Bonchev–Trinajstić information content (AvgIpc) is 3.48. The van der Waals surface area contributed by atoms with Gasteiger partial charge in [0.15, 0.2) is 5.11 Å². The number of aromatic nitrogens is 2. The van der Waals surface area contributed by atoms with Gasteiger partial charge in [0.1, 0.15) is 0 Å². The molecule has 2 fully saturated rings. The van der Waals surface area contributed by atoms with Crippen LogP contribution in [-0.4, -0.2) is 38.8 Å². The third-order valence-corrected chi connectivity index (χ3v) is 9.54. The van der Waals surface area contributed by atoms with Crippen LogP contribution in [0.15, 0.2) is 66.9 Å². The number of halogens is 1. The van der Waals surface area contributed by atoms with Crippen LogP contribution in [0.1, 0.15) is 70.4 Å². The van der Waals surface area contributed by atoms with Crippen LogP contribution in [0.5, 0.6) is 0 Å². The molecule has 0 bridgehead atoms. The lowest BCUT2D eigenvalue weighted by atomic mass is 9.96. The third kappa shape index (κ3) is 5.38. The molecule has 2 aliphatic rings. The number of rotatable bonds is 6. The van der Waals surface area contributed by atoms with Gasteiger partial charge < -0.3 is 24.8 Å². The number of anilines is 2. The minimum absolute atomic E-state index is 0.212. The summed E-state index contributed by atoms with van der Waals surface area (Å²) in [6.07, 6.45) is 4.13. The van der Waals surface area contributed by atoms with E-state index in [0.29, 0.717) is 10.1 Å². The Bertz CT molecular complexity index is 1700. The lowest BCUT2D eigenvalue weighted by Crippen LogP contribution is -2.33. The first-order chi connectivity index (χ1) is 20.6. The standard InChI is InChI=1S/C34H36ClN5O2S/c1-20-12-15-38(16-13-20)29-11-10-25(19-27(29)35)40-32(31(37-34(40)43)28-7-5-6-14-36-28)26-17-22(3)39(23(26)4)30-18-24(33(41)42)9-8-21(30)2/h5-11,14,17-20,31-32H,12-13,15-16H2,1-4H3,(H,37,43)(H,41,42)/t31-,32+/m1/s1. The highest BCUT2D eigenvalue weighted by Gasteiger charge is 2.42. The second-order valence-corrected chi connectivity index (χ2v) is 12.6. The van der Waals surface area contributed by atoms with E-state index in [1.807, 2.05) is 37.3 Å². The highest BCUT2D eigenvalue weighted by molar-refractivity contribution is 7.80. The van der Waals surface area contributed by atoms with Gasteiger partial charge in [-0.2, -0.15) is 0 Å². The molecule has 6 rings (SSSR count). The molecule has 222 valence electrons.